The summed E-state index contributed by atoms with van der Waals surface area (Å²) in [7, 11) is 0. The standard InChI is InChI=1S/C28H20N2/c1-3-7-27-25(5-1)23(17-19-29-27)15-13-21-9-11-22(12-10-21)14-16-24-18-20-30-28-8-4-2-6-26(24)28/h1-20H/b15-13+,16-14+. The third-order valence-electron chi connectivity index (χ3n) is 5.21. The van der Waals surface area contributed by atoms with E-state index in [-0.39, 0.29) is 0 Å². The van der Waals surface area contributed by atoms with Crippen molar-refractivity contribution in [3.05, 3.63) is 120 Å². The predicted octanol–water partition coefficient (Wildman–Crippen LogP) is 7.12. The average molecular weight is 384 g/mol. The SMILES string of the molecule is C(=C\c1ccnc2ccccc12)/c1ccc(/C=C/c2ccnc3ccccc23)cc1. The Balaban J connectivity index is 1.36. The van der Waals surface area contributed by atoms with Crippen LogP contribution in [0.15, 0.2) is 97.3 Å². The second-order valence-corrected chi connectivity index (χ2v) is 7.17. The number of pyridine rings is 2. The zero-order valence-corrected chi connectivity index (χ0v) is 16.4. The van der Waals surface area contributed by atoms with Gasteiger partial charge in [0.1, 0.15) is 0 Å². The van der Waals surface area contributed by atoms with Crippen LogP contribution in [0.2, 0.25) is 0 Å². The number of rotatable bonds is 4. The van der Waals surface area contributed by atoms with Crippen LogP contribution in [0, 0.1) is 0 Å². The molecule has 3 aromatic carbocycles. The molecule has 0 atom stereocenters. The van der Waals surface area contributed by atoms with E-state index >= 15 is 0 Å². The van der Waals surface area contributed by atoms with Crippen LogP contribution in [0.5, 0.6) is 0 Å². The van der Waals surface area contributed by atoms with Gasteiger partial charge >= 0.3 is 0 Å². The topological polar surface area (TPSA) is 25.8 Å². The molecule has 2 heteroatoms. The predicted molar refractivity (Wildman–Crippen MR) is 128 cm³/mol. The largest absolute Gasteiger partial charge is 0.256 e. The van der Waals surface area contributed by atoms with Crippen molar-refractivity contribution in [1.82, 2.24) is 9.97 Å². The highest BCUT2D eigenvalue weighted by Crippen LogP contribution is 2.20. The Morgan fingerprint density at radius 1 is 0.433 bits per heavy atom. The number of fused-ring (bicyclic) bond motifs is 2. The number of para-hydroxylation sites is 2. The first-order valence-corrected chi connectivity index (χ1v) is 10.0. The van der Waals surface area contributed by atoms with Crippen LogP contribution in [0.25, 0.3) is 46.1 Å². The van der Waals surface area contributed by atoms with Crippen LogP contribution >= 0.6 is 0 Å². The molecule has 0 aliphatic heterocycles. The molecule has 0 saturated carbocycles. The second-order valence-electron chi connectivity index (χ2n) is 7.17. The van der Waals surface area contributed by atoms with E-state index in [1.54, 1.807) is 0 Å². The Labute approximate surface area is 175 Å². The normalized spacial score (nSPS) is 11.7. The van der Waals surface area contributed by atoms with Gasteiger partial charge in [0.15, 0.2) is 0 Å². The molecular weight excluding hydrogens is 364 g/mol. The van der Waals surface area contributed by atoms with Gasteiger partial charge in [0, 0.05) is 23.2 Å². The lowest BCUT2D eigenvalue weighted by molar-refractivity contribution is 1.41. The molecule has 2 nitrogen and oxygen atoms in total. The van der Waals surface area contributed by atoms with Crippen LogP contribution in [-0.4, -0.2) is 9.97 Å². The summed E-state index contributed by atoms with van der Waals surface area (Å²) in [5, 5.41) is 2.33. The second kappa shape index (κ2) is 8.14. The molecule has 0 radical (unpaired) electrons. The Morgan fingerprint density at radius 2 is 0.867 bits per heavy atom. The van der Waals surface area contributed by atoms with Crippen LogP contribution in [-0.2, 0) is 0 Å². The summed E-state index contributed by atoms with van der Waals surface area (Å²) in [6, 6.07) is 29.1. The first-order chi connectivity index (χ1) is 14.9. The summed E-state index contributed by atoms with van der Waals surface area (Å²) in [6.07, 6.45) is 12.3. The van der Waals surface area contributed by atoms with Crippen LogP contribution in [0.1, 0.15) is 22.3 Å². The minimum absolute atomic E-state index is 1.02. The zero-order valence-electron chi connectivity index (χ0n) is 16.4. The number of hydrogen-bond donors (Lipinski definition) is 0. The third kappa shape index (κ3) is 3.76. The highest BCUT2D eigenvalue weighted by atomic mass is 14.6. The van der Waals surface area contributed by atoms with Crippen molar-refractivity contribution >= 4 is 46.1 Å². The molecule has 2 aromatic heterocycles. The summed E-state index contributed by atoms with van der Waals surface area (Å²) in [5.74, 6) is 0. The van der Waals surface area contributed by atoms with Crippen molar-refractivity contribution in [3.63, 3.8) is 0 Å². The smallest absolute Gasteiger partial charge is 0.0707 e. The fraction of sp³-hybridized carbons (Fsp3) is 0. The van der Waals surface area contributed by atoms with Gasteiger partial charge in [0.25, 0.3) is 0 Å². The van der Waals surface area contributed by atoms with E-state index in [1.165, 1.54) is 33.0 Å². The van der Waals surface area contributed by atoms with E-state index in [9.17, 15) is 0 Å². The molecule has 142 valence electrons. The molecule has 0 unspecified atom stereocenters. The van der Waals surface area contributed by atoms with Gasteiger partial charge in [-0.1, -0.05) is 85.0 Å². The van der Waals surface area contributed by atoms with E-state index in [0.717, 1.165) is 11.0 Å². The van der Waals surface area contributed by atoms with E-state index in [1.807, 2.05) is 36.7 Å². The van der Waals surface area contributed by atoms with Crippen molar-refractivity contribution in [1.29, 1.82) is 0 Å². The fourth-order valence-corrected chi connectivity index (χ4v) is 3.62. The molecule has 0 fully saturated rings. The summed E-state index contributed by atoms with van der Waals surface area (Å²) in [6.45, 7) is 0. The van der Waals surface area contributed by atoms with Crippen molar-refractivity contribution in [2.75, 3.05) is 0 Å². The molecule has 30 heavy (non-hydrogen) atoms. The fourth-order valence-electron chi connectivity index (χ4n) is 3.62. The number of hydrogen-bond acceptors (Lipinski definition) is 2. The maximum Gasteiger partial charge on any atom is 0.0707 e. The van der Waals surface area contributed by atoms with Gasteiger partial charge in [-0.3, -0.25) is 9.97 Å². The van der Waals surface area contributed by atoms with Gasteiger partial charge in [-0.05, 0) is 46.5 Å². The molecule has 5 aromatic rings. The lowest BCUT2D eigenvalue weighted by Crippen LogP contribution is -1.82. The molecule has 0 N–H and O–H groups in total. The first-order valence-electron chi connectivity index (χ1n) is 10.0. The molecule has 2 heterocycles. The average Bonchev–Trinajstić information content (AvgIpc) is 2.82. The molecule has 5 rings (SSSR count). The van der Waals surface area contributed by atoms with Gasteiger partial charge < -0.3 is 0 Å². The first kappa shape index (κ1) is 18.0. The van der Waals surface area contributed by atoms with E-state index in [0.29, 0.717) is 0 Å². The Bertz CT molecular complexity index is 1260. The minimum atomic E-state index is 1.02. The molecule has 0 aliphatic rings. The summed E-state index contributed by atoms with van der Waals surface area (Å²) in [4.78, 5) is 8.85. The van der Waals surface area contributed by atoms with Gasteiger partial charge in [0.2, 0.25) is 0 Å². The molecule has 0 bridgehead atoms. The monoisotopic (exact) mass is 384 g/mol. The summed E-state index contributed by atoms with van der Waals surface area (Å²) in [5.41, 5.74) is 6.72. The van der Waals surface area contributed by atoms with Gasteiger partial charge in [-0.25, -0.2) is 0 Å². The Hall–Kier alpha value is -4.04. The summed E-state index contributed by atoms with van der Waals surface area (Å²) < 4.78 is 0. The molecule has 0 saturated heterocycles. The lowest BCUT2D eigenvalue weighted by Gasteiger charge is -2.02. The Kier molecular flexibility index (Phi) is 4.89. The minimum Gasteiger partial charge on any atom is -0.256 e. The number of nitrogens with zero attached hydrogens (tertiary/aromatic N) is 2. The highest BCUT2D eigenvalue weighted by Gasteiger charge is 1.99. The quantitative estimate of drug-likeness (QED) is 0.329. The van der Waals surface area contributed by atoms with Crippen molar-refractivity contribution in [2.24, 2.45) is 0 Å². The molecule has 0 aliphatic carbocycles. The van der Waals surface area contributed by atoms with Crippen LogP contribution < -0.4 is 0 Å². The van der Waals surface area contributed by atoms with Crippen molar-refractivity contribution in [2.45, 2.75) is 0 Å². The van der Waals surface area contributed by atoms with Crippen LogP contribution in [0.3, 0.4) is 0 Å². The van der Waals surface area contributed by atoms with Crippen molar-refractivity contribution < 1.29 is 0 Å². The zero-order chi connectivity index (χ0) is 20.2. The van der Waals surface area contributed by atoms with Gasteiger partial charge in [-0.15, -0.1) is 0 Å². The maximum atomic E-state index is 4.43. The van der Waals surface area contributed by atoms with E-state index < -0.39 is 0 Å². The molecule has 0 amide bonds. The Morgan fingerprint density at radius 3 is 1.33 bits per heavy atom. The third-order valence-corrected chi connectivity index (χ3v) is 5.21. The number of benzene rings is 3. The van der Waals surface area contributed by atoms with Crippen LogP contribution in [0.4, 0.5) is 0 Å². The molecular formula is C28H20N2. The maximum absolute atomic E-state index is 4.43. The highest BCUT2D eigenvalue weighted by molar-refractivity contribution is 5.91. The van der Waals surface area contributed by atoms with E-state index in [4.69, 9.17) is 0 Å². The lowest BCUT2D eigenvalue weighted by atomic mass is 10.1. The molecule has 0 spiro atoms. The van der Waals surface area contributed by atoms with Gasteiger partial charge in [-0.2, -0.15) is 0 Å². The number of aromatic nitrogens is 2. The summed E-state index contributed by atoms with van der Waals surface area (Å²) >= 11 is 0. The van der Waals surface area contributed by atoms with Gasteiger partial charge in [0.05, 0.1) is 11.0 Å². The van der Waals surface area contributed by atoms with E-state index in [2.05, 4.69) is 94.9 Å². The van der Waals surface area contributed by atoms with Crippen molar-refractivity contribution in [3.8, 4) is 0 Å².